The number of benzene rings is 2. The van der Waals surface area contributed by atoms with Gasteiger partial charge >= 0.3 is 11.2 Å². The van der Waals surface area contributed by atoms with E-state index >= 15 is 0 Å². The molecule has 9 nitrogen and oxygen atoms in total. The lowest BCUT2D eigenvalue weighted by molar-refractivity contribution is -0.386. The van der Waals surface area contributed by atoms with E-state index in [0.29, 0.717) is 0 Å². The number of hydrogen-bond donors (Lipinski definition) is 0. The summed E-state index contributed by atoms with van der Waals surface area (Å²) in [6, 6.07) is 13.3. The molecule has 172 valence electrons. The van der Waals surface area contributed by atoms with E-state index in [-0.39, 0.29) is 22.6 Å². The number of nitro groups is 1. The van der Waals surface area contributed by atoms with Gasteiger partial charge in [0.2, 0.25) is 0 Å². The summed E-state index contributed by atoms with van der Waals surface area (Å²) in [7, 11) is 3.19. The van der Waals surface area contributed by atoms with Crippen molar-refractivity contribution in [3.63, 3.8) is 0 Å². The van der Waals surface area contributed by atoms with Crippen LogP contribution in [-0.2, 0) is 14.1 Å². The Morgan fingerprint density at radius 2 is 1.30 bits per heavy atom. The molecule has 0 aliphatic carbocycles. The number of rotatable bonds is 3. The summed E-state index contributed by atoms with van der Waals surface area (Å²) in [6.07, 6.45) is 0. The Bertz CT molecular complexity index is 1460. The minimum absolute atomic E-state index is 0.0128. The molecule has 0 bridgehead atoms. The van der Waals surface area contributed by atoms with Crippen molar-refractivity contribution in [3.05, 3.63) is 108 Å². The zero-order valence-corrected chi connectivity index (χ0v) is 18.3. The van der Waals surface area contributed by atoms with Gasteiger partial charge in [-0.2, -0.15) is 0 Å². The molecule has 0 spiro atoms. The van der Waals surface area contributed by atoms with Crippen molar-refractivity contribution >= 4 is 5.69 Å². The topological polar surface area (TPSA) is 97.0 Å². The molecule has 2 heterocycles. The van der Waals surface area contributed by atoms with Crippen LogP contribution in [0.4, 0.5) is 14.5 Å². The molecular weight excluding hydrogens is 436 g/mol. The van der Waals surface area contributed by atoms with E-state index in [0.717, 1.165) is 10.4 Å². The smallest absolute Gasteiger partial charge is 0.285 e. The van der Waals surface area contributed by atoms with Crippen LogP contribution < -0.4 is 11.1 Å². The van der Waals surface area contributed by atoms with Gasteiger partial charge in [0.25, 0.3) is 5.56 Å². The minimum atomic E-state index is -0.842. The van der Waals surface area contributed by atoms with Gasteiger partial charge in [0, 0.05) is 25.9 Å². The highest BCUT2D eigenvalue weighted by Gasteiger charge is 2.26. The fourth-order valence-electron chi connectivity index (χ4n) is 3.34. The van der Waals surface area contributed by atoms with E-state index in [9.17, 15) is 28.5 Å². The van der Waals surface area contributed by atoms with Crippen molar-refractivity contribution in [1.29, 1.82) is 0 Å². The maximum atomic E-state index is 13.6. The van der Waals surface area contributed by atoms with Crippen LogP contribution in [0.1, 0.15) is 11.4 Å². The van der Waals surface area contributed by atoms with E-state index in [1.807, 2.05) is 0 Å². The Labute approximate surface area is 186 Å². The largest absolute Gasteiger partial charge is 0.356 e. The molecule has 0 aliphatic rings. The maximum Gasteiger partial charge on any atom is 0.356 e. The first kappa shape index (κ1) is 23.4. The summed E-state index contributed by atoms with van der Waals surface area (Å²) in [5.74, 6) is -1.02. The lowest BCUT2D eigenvalue weighted by atomic mass is 10.3. The lowest BCUT2D eigenvalue weighted by Gasteiger charge is -2.08. The molecule has 0 N–H and O–H groups in total. The summed E-state index contributed by atoms with van der Waals surface area (Å²) in [5, 5.41) is 10.8. The molecule has 0 atom stereocenters. The number of aryl methyl sites for hydroxylation is 1. The molecule has 4 rings (SSSR count). The van der Waals surface area contributed by atoms with Crippen LogP contribution in [0, 0.1) is 35.6 Å². The summed E-state index contributed by atoms with van der Waals surface area (Å²) >= 11 is 0. The molecule has 2 aromatic carbocycles. The Morgan fingerprint density at radius 1 is 0.818 bits per heavy atom. The average Bonchev–Trinajstić information content (AvgIpc) is 3.14. The molecule has 0 saturated carbocycles. The van der Waals surface area contributed by atoms with Crippen LogP contribution in [0.15, 0.2) is 64.2 Å². The summed E-state index contributed by atoms with van der Waals surface area (Å²) in [4.78, 5) is 33.6. The normalized spacial score (nSPS) is 10.6. The van der Waals surface area contributed by atoms with Crippen molar-refractivity contribution < 1.29 is 13.7 Å². The van der Waals surface area contributed by atoms with Gasteiger partial charge in [-0.15, -0.1) is 0 Å². The molecule has 0 unspecified atom stereocenters. The zero-order valence-electron chi connectivity index (χ0n) is 18.3. The minimum Gasteiger partial charge on any atom is -0.285 e. The third-order valence-corrected chi connectivity index (χ3v) is 5.22. The Kier molecular flexibility index (Phi) is 6.43. The first-order chi connectivity index (χ1) is 15.6. The van der Waals surface area contributed by atoms with E-state index in [1.54, 1.807) is 42.9 Å². The standard InChI is InChI=1S/C11H10FN3O3.C11H11FN2O/c1-7-10(15(17)18)11(16)14(13(7)2)9-6-4-3-5-8(9)12;1-8-7-11(15)14(13(8)2)10-6-4-3-5-9(10)12/h3-6H,1-2H3;3-7H,1-2H3. The number of aromatic nitrogens is 4. The zero-order chi connectivity index (χ0) is 24.4. The van der Waals surface area contributed by atoms with Crippen LogP contribution in [-0.4, -0.2) is 23.7 Å². The van der Waals surface area contributed by atoms with Crippen LogP contribution in [0.5, 0.6) is 0 Å². The van der Waals surface area contributed by atoms with Crippen LogP contribution in [0.25, 0.3) is 11.4 Å². The van der Waals surface area contributed by atoms with Gasteiger partial charge in [-0.3, -0.25) is 29.1 Å². The van der Waals surface area contributed by atoms with Gasteiger partial charge in [0.05, 0.1) is 4.92 Å². The first-order valence-electron chi connectivity index (χ1n) is 9.74. The van der Waals surface area contributed by atoms with Crippen molar-refractivity contribution in [2.45, 2.75) is 13.8 Å². The molecule has 0 radical (unpaired) electrons. The molecular formula is C22H21F2N5O4. The highest BCUT2D eigenvalue weighted by atomic mass is 19.1. The molecule has 0 amide bonds. The van der Waals surface area contributed by atoms with Gasteiger partial charge in [-0.25, -0.2) is 18.1 Å². The monoisotopic (exact) mass is 457 g/mol. The molecule has 2 aromatic heterocycles. The number of hydrogen-bond acceptors (Lipinski definition) is 4. The predicted molar refractivity (Wildman–Crippen MR) is 118 cm³/mol. The SMILES string of the molecule is Cc1c([N+](=O)[O-])c(=O)n(-c2ccccc2F)n1C.Cc1cc(=O)n(-c2ccccc2F)n1C. The average molecular weight is 457 g/mol. The first-order valence-corrected chi connectivity index (χ1v) is 9.74. The van der Waals surface area contributed by atoms with Gasteiger partial charge in [0.15, 0.2) is 0 Å². The number of nitrogens with zero attached hydrogens (tertiary/aromatic N) is 5. The summed E-state index contributed by atoms with van der Waals surface area (Å²) < 4.78 is 32.3. The molecule has 0 fully saturated rings. The molecule has 4 aromatic rings. The second kappa shape index (κ2) is 9.07. The molecule has 11 heteroatoms. The van der Waals surface area contributed by atoms with Crippen LogP contribution >= 0.6 is 0 Å². The highest BCUT2D eigenvalue weighted by Crippen LogP contribution is 2.17. The second-order valence-electron chi connectivity index (χ2n) is 7.19. The maximum absolute atomic E-state index is 13.6. The van der Waals surface area contributed by atoms with Crippen molar-refractivity contribution in [3.8, 4) is 11.4 Å². The van der Waals surface area contributed by atoms with Gasteiger partial charge in [0.1, 0.15) is 28.7 Å². The van der Waals surface area contributed by atoms with Crippen molar-refractivity contribution in [2.75, 3.05) is 0 Å². The van der Waals surface area contributed by atoms with Crippen LogP contribution in [0.3, 0.4) is 0 Å². The predicted octanol–water partition coefficient (Wildman–Crippen LogP) is 3.16. The molecule has 33 heavy (non-hydrogen) atoms. The molecule has 0 saturated heterocycles. The third kappa shape index (κ3) is 4.25. The van der Waals surface area contributed by atoms with E-state index < -0.39 is 27.8 Å². The van der Waals surface area contributed by atoms with E-state index in [4.69, 9.17) is 0 Å². The quantitative estimate of drug-likeness (QED) is 0.349. The second-order valence-corrected chi connectivity index (χ2v) is 7.19. The Balaban J connectivity index is 0.000000189. The highest BCUT2D eigenvalue weighted by molar-refractivity contribution is 5.40. The summed E-state index contributed by atoms with van der Waals surface area (Å²) in [5.41, 5.74) is -0.373. The molecule has 0 aliphatic heterocycles. The Hall–Kier alpha value is -4.28. The lowest BCUT2D eigenvalue weighted by Crippen LogP contribution is -2.21. The summed E-state index contributed by atoms with van der Waals surface area (Å²) in [6.45, 7) is 3.25. The Morgan fingerprint density at radius 3 is 1.70 bits per heavy atom. The van der Waals surface area contributed by atoms with E-state index in [1.165, 1.54) is 53.7 Å². The van der Waals surface area contributed by atoms with Crippen molar-refractivity contribution in [1.82, 2.24) is 18.7 Å². The van der Waals surface area contributed by atoms with E-state index in [2.05, 4.69) is 0 Å². The fourth-order valence-corrected chi connectivity index (χ4v) is 3.34. The van der Waals surface area contributed by atoms with Crippen LogP contribution in [0.2, 0.25) is 0 Å². The van der Waals surface area contributed by atoms with Gasteiger partial charge < -0.3 is 0 Å². The van der Waals surface area contributed by atoms with Gasteiger partial charge in [-0.05, 0) is 38.1 Å². The third-order valence-electron chi connectivity index (χ3n) is 5.22. The number of para-hydroxylation sites is 2. The van der Waals surface area contributed by atoms with Crippen molar-refractivity contribution in [2.24, 2.45) is 14.1 Å². The van der Waals surface area contributed by atoms with Gasteiger partial charge in [-0.1, -0.05) is 24.3 Å². The number of halogens is 2. The fraction of sp³-hybridized carbons (Fsp3) is 0.182.